The van der Waals surface area contributed by atoms with Crippen molar-refractivity contribution in [3.63, 3.8) is 0 Å². The first-order chi connectivity index (χ1) is 9.15. The van der Waals surface area contributed by atoms with Gasteiger partial charge in [-0.2, -0.15) is 5.48 Å². The highest BCUT2D eigenvalue weighted by atomic mass is 79.9. The number of halogens is 1. The lowest BCUT2D eigenvalue weighted by Gasteiger charge is -2.31. The molecule has 2 aromatic rings. The maximum Gasteiger partial charge on any atom is 0.0911 e. The van der Waals surface area contributed by atoms with E-state index in [2.05, 4.69) is 45.7 Å². The van der Waals surface area contributed by atoms with E-state index in [-0.39, 0.29) is 0 Å². The van der Waals surface area contributed by atoms with Gasteiger partial charge in [0.15, 0.2) is 0 Å². The topological polar surface area (TPSA) is 32.3 Å². The minimum absolute atomic E-state index is 0.626. The van der Waals surface area contributed by atoms with Crippen molar-refractivity contribution in [3.8, 4) is 0 Å². The Labute approximate surface area is 120 Å². The number of fused-ring (bicyclic) bond motifs is 2. The summed E-state index contributed by atoms with van der Waals surface area (Å²) in [6, 6.07) is 14.2. The lowest BCUT2D eigenvalue weighted by molar-refractivity contribution is 0.0921. The molecule has 0 fully saturated rings. The smallest absolute Gasteiger partial charge is 0.0911 e. The molecule has 0 saturated carbocycles. The van der Waals surface area contributed by atoms with Crippen molar-refractivity contribution in [2.45, 2.75) is 12.5 Å². The van der Waals surface area contributed by atoms with Gasteiger partial charge in [0, 0.05) is 4.47 Å². The Bertz CT molecular complexity index is 666. The summed E-state index contributed by atoms with van der Waals surface area (Å²) >= 11 is 3.50. The van der Waals surface area contributed by atoms with Crippen LogP contribution in [0.15, 0.2) is 46.9 Å². The summed E-state index contributed by atoms with van der Waals surface area (Å²) in [7, 11) is 0. The highest BCUT2D eigenvalue weighted by molar-refractivity contribution is 9.10. The molecule has 1 atom stereocenters. The predicted molar refractivity (Wildman–Crippen MR) is 80.9 cm³/mol. The summed E-state index contributed by atoms with van der Waals surface area (Å²) in [6.45, 7) is 1.99. The lowest BCUT2D eigenvalue weighted by Crippen LogP contribution is -2.39. The van der Waals surface area contributed by atoms with Crippen molar-refractivity contribution >= 4 is 28.1 Å². The van der Waals surface area contributed by atoms with Gasteiger partial charge in [-0.3, -0.25) is 0 Å². The predicted octanol–water partition coefficient (Wildman–Crippen LogP) is 4.18. The molecule has 0 spiro atoms. The molecule has 0 bridgehead atoms. The van der Waals surface area contributed by atoms with E-state index in [0.717, 1.165) is 26.7 Å². The molecule has 1 aliphatic carbocycles. The molecule has 2 nitrogen and oxygen atoms in total. The normalized spacial score (nSPS) is 20.6. The van der Waals surface area contributed by atoms with Gasteiger partial charge in [0.1, 0.15) is 0 Å². The van der Waals surface area contributed by atoms with Gasteiger partial charge in [-0.25, -0.2) is 0 Å². The zero-order chi connectivity index (χ0) is 13.5. The molecule has 19 heavy (non-hydrogen) atoms. The molecule has 2 N–H and O–H groups in total. The Balaban J connectivity index is 2.35. The summed E-state index contributed by atoms with van der Waals surface area (Å²) in [5, 5.41) is 9.77. The van der Waals surface area contributed by atoms with Gasteiger partial charge >= 0.3 is 0 Å². The molecule has 3 rings (SSSR count). The lowest BCUT2D eigenvalue weighted by atomic mass is 9.82. The molecule has 0 aliphatic heterocycles. The Morgan fingerprint density at radius 2 is 1.68 bits per heavy atom. The number of hydrogen-bond donors (Lipinski definition) is 2. The Hall–Kier alpha value is -1.42. The number of benzene rings is 2. The van der Waals surface area contributed by atoms with E-state index in [1.54, 1.807) is 0 Å². The van der Waals surface area contributed by atoms with Gasteiger partial charge in [0.2, 0.25) is 0 Å². The van der Waals surface area contributed by atoms with E-state index in [0.29, 0.717) is 0 Å². The number of hydrogen-bond acceptors (Lipinski definition) is 2. The van der Waals surface area contributed by atoms with Crippen LogP contribution < -0.4 is 5.48 Å². The minimum Gasteiger partial charge on any atom is -0.316 e. The molecule has 2 aromatic carbocycles. The van der Waals surface area contributed by atoms with E-state index < -0.39 is 5.54 Å². The second-order valence-electron chi connectivity index (χ2n) is 4.89. The molecule has 0 aromatic heterocycles. The molecule has 0 heterocycles. The Kier molecular flexibility index (Phi) is 3.05. The average Bonchev–Trinajstić information content (AvgIpc) is 2.56. The van der Waals surface area contributed by atoms with Gasteiger partial charge < -0.3 is 5.21 Å². The zero-order valence-corrected chi connectivity index (χ0v) is 12.1. The fourth-order valence-corrected chi connectivity index (χ4v) is 3.01. The van der Waals surface area contributed by atoms with Crippen molar-refractivity contribution in [2.24, 2.45) is 0 Å². The third-order valence-corrected chi connectivity index (χ3v) is 4.21. The first kappa shape index (κ1) is 12.6. The van der Waals surface area contributed by atoms with E-state index in [9.17, 15) is 5.21 Å². The highest BCUT2D eigenvalue weighted by Crippen LogP contribution is 2.38. The number of hydroxylamine groups is 1. The minimum atomic E-state index is -0.626. The van der Waals surface area contributed by atoms with Crippen molar-refractivity contribution in [2.75, 3.05) is 0 Å². The van der Waals surface area contributed by atoms with Crippen LogP contribution in [-0.4, -0.2) is 5.21 Å². The van der Waals surface area contributed by atoms with E-state index >= 15 is 0 Å². The van der Waals surface area contributed by atoms with E-state index in [1.807, 2.05) is 37.3 Å². The van der Waals surface area contributed by atoms with E-state index in [4.69, 9.17) is 0 Å². The van der Waals surface area contributed by atoms with Crippen LogP contribution in [0.3, 0.4) is 0 Å². The summed E-state index contributed by atoms with van der Waals surface area (Å²) in [6.07, 6.45) is 4.17. The number of nitrogens with one attached hydrogen (secondary N) is 1. The van der Waals surface area contributed by atoms with E-state index in [1.165, 1.54) is 0 Å². The summed E-state index contributed by atoms with van der Waals surface area (Å²) < 4.78 is 1.00. The molecule has 0 unspecified atom stereocenters. The fourth-order valence-electron chi connectivity index (χ4n) is 2.65. The molecule has 1 aliphatic rings. The number of rotatable bonds is 1. The van der Waals surface area contributed by atoms with Crippen LogP contribution in [0.4, 0.5) is 0 Å². The molecule has 96 valence electrons. The van der Waals surface area contributed by atoms with Gasteiger partial charge in [-0.15, -0.1) is 0 Å². The van der Waals surface area contributed by atoms with Crippen LogP contribution >= 0.6 is 15.9 Å². The molecule has 0 radical (unpaired) electrons. The second kappa shape index (κ2) is 4.60. The summed E-state index contributed by atoms with van der Waals surface area (Å²) in [5.41, 5.74) is 6.19. The molecule has 0 saturated heterocycles. The van der Waals surface area contributed by atoms with Crippen LogP contribution in [0.2, 0.25) is 0 Å². The first-order valence-corrected chi connectivity index (χ1v) is 6.93. The summed E-state index contributed by atoms with van der Waals surface area (Å²) in [5.74, 6) is 0. The van der Waals surface area contributed by atoms with Crippen LogP contribution in [0.1, 0.15) is 29.2 Å². The van der Waals surface area contributed by atoms with Crippen LogP contribution in [0.5, 0.6) is 0 Å². The third-order valence-electron chi connectivity index (χ3n) is 3.72. The molecular formula is C16H14BrNO. The van der Waals surface area contributed by atoms with Crippen molar-refractivity contribution < 1.29 is 5.21 Å². The van der Waals surface area contributed by atoms with Gasteiger partial charge in [0.25, 0.3) is 0 Å². The maximum absolute atomic E-state index is 9.77. The van der Waals surface area contributed by atoms with Gasteiger partial charge in [-0.05, 0) is 41.3 Å². The van der Waals surface area contributed by atoms with Gasteiger partial charge in [-0.1, -0.05) is 58.4 Å². The summed E-state index contributed by atoms with van der Waals surface area (Å²) in [4.78, 5) is 0. The van der Waals surface area contributed by atoms with Crippen LogP contribution in [0.25, 0.3) is 12.2 Å². The third kappa shape index (κ3) is 1.94. The Morgan fingerprint density at radius 1 is 1.00 bits per heavy atom. The van der Waals surface area contributed by atoms with Gasteiger partial charge in [0.05, 0.1) is 5.54 Å². The first-order valence-electron chi connectivity index (χ1n) is 6.14. The van der Waals surface area contributed by atoms with Crippen molar-refractivity contribution in [3.05, 3.63) is 69.2 Å². The maximum atomic E-state index is 9.77. The molecule has 3 heteroatoms. The SMILES string of the molecule is C[C@]1(NO)c2ccccc2C=Cc2ccc(Br)cc21. The average molecular weight is 316 g/mol. The highest BCUT2D eigenvalue weighted by Gasteiger charge is 2.33. The molecule has 0 amide bonds. The zero-order valence-electron chi connectivity index (χ0n) is 10.5. The monoisotopic (exact) mass is 315 g/mol. The van der Waals surface area contributed by atoms with Crippen LogP contribution in [-0.2, 0) is 5.54 Å². The molecular weight excluding hydrogens is 302 g/mol. The largest absolute Gasteiger partial charge is 0.316 e. The van der Waals surface area contributed by atoms with Crippen molar-refractivity contribution in [1.29, 1.82) is 0 Å². The quantitative estimate of drug-likeness (QED) is 0.774. The fraction of sp³-hybridized carbons (Fsp3) is 0.125. The second-order valence-corrected chi connectivity index (χ2v) is 5.80. The van der Waals surface area contributed by atoms with Crippen molar-refractivity contribution in [1.82, 2.24) is 5.48 Å². The Morgan fingerprint density at radius 3 is 2.42 bits per heavy atom. The standard InChI is InChI=1S/C16H14BrNO/c1-16(18-19)14-5-3-2-4-11(14)6-7-12-8-9-13(17)10-15(12)16/h2-10,18-19H,1H3/t16-/m0/s1. The van der Waals surface area contributed by atoms with Crippen LogP contribution in [0, 0.1) is 0 Å².